The molecule has 0 atom stereocenters. The third-order valence-corrected chi connectivity index (χ3v) is 2.68. The van der Waals surface area contributed by atoms with Gasteiger partial charge in [-0.25, -0.2) is 0 Å². The Labute approximate surface area is 105 Å². The van der Waals surface area contributed by atoms with Crippen LogP contribution in [0, 0.1) is 0 Å². The Kier molecular flexibility index (Phi) is 3.37. The zero-order valence-corrected chi connectivity index (χ0v) is 10.3. The van der Waals surface area contributed by atoms with E-state index in [-0.39, 0.29) is 23.9 Å². The molecule has 0 bridgehead atoms. The monoisotopic (exact) mass is 246 g/mol. The number of ether oxygens (including phenoxy) is 2. The van der Waals surface area contributed by atoms with Gasteiger partial charge in [0, 0.05) is 23.3 Å². The van der Waals surface area contributed by atoms with E-state index in [9.17, 15) is 9.90 Å². The topological polar surface area (TPSA) is 55.8 Å². The molecule has 0 amide bonds. The molecule has 2 rings (SSSR count). The number of phenolic OH excluding ortho intramolecular Hbond substituents is 1. The SMILES string of the molecule is CCC(=O)Oc1cc(OC)c(O)c2ccccc12. The van der Waals surface area contributed by atoms with Crippen molar-refractivity contribution in [2.24, 2.45) is 0 Å². The fraction of sp³-hybridized carbons (Fsp3) is 0.214. The molecule has 0 spiro atoms. The number of aromatic hydroxyl groups is 1. The molecule has 18 heavy (non-hydrogen) atoms. The molecule has 94 valence electrons. The molecule has 0 radical (unpaired) electrons. The van der Waals surface area contributed by atoms with Crippen molar-refractivity contribution in [3.8, 4) is 17.2 Å². The summed E-state index contributed by atoms with van der Waals surface area (Å²) in [6, 6.07) is 8.67. The third-order valence-electron chi connectivity index (χ3n) is 2.68. The number of methoxy groups -OCH3 is 1. The molecule has 0 aliphatic carbocycles. The van der Waals surface area contributed by atoms with Gasteiger partial charge in [0.25, 0.3) is 0 Å². The molecule has 1 N–H and O–H groups in total. The maximum atomic E-state index is 11.4. The summed E-state index contributed by atoms with van der Waals surface area (Å²) < 4.78 is 10.3. The molecular formula is C14H14O4. The molecule has 0 unspecified atom stereocenters. The highest BCUT2D eigenvalue weighted by molar-refractivity contribution is 5.96. The quantitative estimate of drug-likeness (QED) is 0.668. The maximum Gasteiger partial charge on any atom is 0.310 e. The van der Waals surface area contributed by atoms with Gasteiger partial charge in [-0.3, -0.25) is 4.79 Å². The lowest BCUT2D eigenvalue weighted by Gasteiger charge is -2.11. The first-order chi connectivity index (χ1) is 8.67. The Morgan fingerprint density at radius 2 is 1.89 bits per heavy atom. The van der Waals surface area contributed by atoms with Gasteiger partial charge in [-0.15, -0.1) is 0 Å². The number of esters is 1. The average molecular weight is 246 g/mol. The molecule has 0 heterocycles. The van der Waals surface area contributed by atoms with Crippen LogP contribution in [0.2, 0.25) is 0 Å². The van der Waals surface area contributed by atoms with Crippen LogP contribution in [0.4, 0.5) is 0 Å². The van der Waals surface area contributed by atoms with Crippen molar-refractivity contribution in [1.29, 1.82) is 0 Å². The van der Waals surface area contributed by atoms with Gasteiger partial charge in [-0.2, -0.15) is 0 Å². The first-order valence-corrected chi connectivity index (χ1v) is 5.66. The molecule has 0 fully saturated rings. The lowest BCUT2D eigenvalue weighted by atomic mass is 10.1. The third kappa shape index (κ3) is 2.09. The van der Waals surface area contributed by atoms with Gasteiger partial charge in [-0.1, -0.05) is 31.2 Å². The average Bonchev–Trinajstić information content (AvgIpc) is 2.41. The molecular weight excluding hydrogens is 232 g/mol. The number of rotatable bonds is 3. The van der Waals surface area contributed by atoms with E-state index in [4.69, 9.17) is 9.47 Å². The zero-order chi connectivity index (χ0) is 13.1. The molecule has 4 nitrogen and oxygen atoms in total. The Balaban J connectivity index is 2.64. The van der Waals surface area contributed by atoms with Crippen molar-refractivity contribution in [3.63, 3.8) is 0 Å². The van der Waals surface area contributed by atoms with Crippen LogP contribution >= 0.6 is 0 Å². The van der Waals surface area contributed by atoms with Crippen molar-refractivity contribution >= 4 is 16.7 Å². The predicted octanol–water partition coefficient (Wildman–Crippen LogP) is 2.87. The predicted molar refractivity (Wildman–Crippen MR) is 68.1 cm³/mol. The Morgan fingerprint density at radius 3 is 2.50 bits per heavy atom. The van der Waals surface area contributed by atoms with Crippen molar-refractivity contribution in [3.05, 3.63) is 30.3 Å². The van der Waals surface area contributed by atoms with Crippen LogP contribution in [-0.2, 0) is 4.79 Å². The van der Waals surface area contributed by atoms with E-state index in [1.54, 1.807) is 25.1 Å². The molecule has 2 aromatic carbocycles. The largest absolute Gasteiger partial charge is 0.504 e. The summed E-state index contributed by atoms with van der Waals surface area (Å²) in [5.74, 6) is 0.400. The van der Waals surface area contributed by atoms with Crippen molar-refractivity contribution in [2.45, 2.75) is 13.3 Å². The summed E-state index contributed by atoms with van der Waals surface area (Å²) in [5.41, 5.74) is 0. The van der Waals surface area contributed by atoms with E-state index in [0.29, 0.717) is 16.5 Å². The van der Waals surface area contributed by atoms with Gasteiger partial charge in [-0.05, 0) is 0 Å². The van der Waals surface area contributed by atoms with Crippen LogP contribution in [0.1, 0.15) is 13.3 Å². The number of carbonyl (C=O) groups excluding carboxylic acids is 1. The smallest absolute Gasteiger partial charge is 0.310 e. The second kappa shape index (κ2) is 4.96. The molecule has 0 saturated carbocycles. The Morgan fingerprint density at radius 1 is 1.22 bits per heavy atom. The minimum atomic E-state index is -0.326. The van der Waals surface area contributed by atoms with Gasteiger partial charge >= 0.3 is 5.97 Å². The van der Waals surface area contributed by atoms with Gasteiger partial charge in [0.1, 0.15) is 5.75 Å². The number of benzene rings is 2. The standard InChI is InChI=1S/C14H14O4/c1-3-13(15)18-11-8-12(17-2)14(16)10-7-5-4-6-9(10)11/h4-8,16H,3H2,1-2H3. The highest BCUT2D eigenvalue weighted by atomic mass is 16.5. The van der Waals surface area contributed by atoms with Crippen LogP contribution in [0.15, 0.2) is 30.3 Å². The van der Waals surface area contributed by atoms with Crippen LogP contribution in [0.25, 0.3) is 10.8 Å². The summed E-state index contributed by atoms with van der Waals surface area (Å²) in [7, 11) is 1.45. The van der Waals surface area contributed by atoms with Gasteiger partial charge in [0.15, 0.2) is 11.5 Å². The van der Waals surface area contributed by atoms with Gasteiger partial charge in [0.2, 0.25) is 0 Å². The Hall–Kier alpha value is -2.23. The van der Waals surface area contributed by atoms with Gasteiger partial charge < -0.3 is 14.6 Å². The summed E-state index contributed by atoms with van der Waals surface area (Å²) in [5, 5.41) is 11.3. The van der Waals surface area contributed by atoms with E-state index in [0.717, 1.165) is 0 Å². The molecule has 0 aliphatic rings. The van der Waals surface area contributed by atoms with E-state index in [2.05, 4.69) is 0 Å². The molecule has 0 aliphatic heterocycles. The van der Waals surface area contributed by atoms with Crippen molar-refractivity contribution in [2.75, 3.05) is 7.11 Å². The first kappa shape index (κ1) is 12.2. The molecule has 2 aromatic rings. The summed E-state index contributed by atoms with van der Waals surface area (Å²) >= 11 is 0. The minimum Gasteiger partial charge on any atom is -0.504 e. The summed E-state index contributed by atoms with van der Waals surface area (Å²) in [6.07, 6.45) is 0.289. The van der Waals surface area contributed by atoms with E-state index < -0.39 is 0 Å². The molecule has 0 saturated heterocycles. The highest BCUT2D eigenvalue weighted by Gasteiger charge is 2.14. The lowest BCUT2D eigenvalue weighted by molar-refractivity contribution is -0.133. The second-order valence-electron chi connectivity index (χ2n) is 3.80. The first-order valence-electron chi connectivity index (χ1n) is 5.66. The van der Waals surface area contributed by atoms with Crippen LogP contribution in [0.3, 0.4) is 0 Å². The van der Waals surface area contributed by atoms with Gasteiger partial charge in [0.05, 0.1) is 7.11 Å². The van der Waals surface area contributed by atoms with Crippen molar-refractivity contribution in [1.82, 2.24) is 0 Å². The number of carbonyl (C=O) groups is 1. The molecule has 4 heteroatoms. The van der Waals surface area contributed by atoms with Crippen LogP contribution < -0.4 is 9.47 Å². The Bertz CT molecular complexity index is 590. The van der Waals surface area contributed by atoms with Crippen LogP contribution in [-0.4, -0.2) is 18.2 Å². The van der Waals surface area contributed by atoms with Crippen LogP contribution in [0.5, 0.6) is 17.2 Å². The highest BCUT2D eigenvalue weighted by Crippen LogP contribution is 2.40. The van der Waals surface area contributed by atoms with Crippen molar-refractivity contribution < 1.29 is 19.4 Å². The summed E-state index contributed by atoms with van der Waals surface area (Å²) in [6.45, 7) is 1.72. The zero-order valence-electron chi connectivity index (χ0n) is 10.3. The molecule has 0 aromatic heterocycles. The fourth-order valence-corrected chi connectivity index (χ4v) is 1.74. The number of hydrogen-bond donors (Lipinski definition) is 1. The minimum absolute atomic E-state index is 0.0457. The van der Waals surface area contributed by atoms with E-state index in [1.165, 1.54) is 13.2 Å². The maximum absolute atomic E-state index is 11.4. The lowest BCUT2D eigenvalue weighted by Crippen LogP contribution is -2.06. The second-order valence-corrected chi connectivity index (χ2v) is 3.80. The van der Waals surface area contributed by atoms with E-state index >= 15 is 0 Å². The summed E-state index contributed by atoms with van der Waals surface area (Å²) in [4.78, 5) is 11.4. The number of hydrogen-bond acceptors (Lipinski definition) is 4. The normalized spacial score (nSPS) is 10.3. The number of fused-ring (bicyclic) bond motifs is 1. The fourth-order valence-electron chi connectivity index (χ4n) is 1.74. The number of phenols is 1. The van der Waals surface area contributed by atoms with E-state index in [1.807, 2.05) is 6.07 Å².